The molecule has 1 aromatic rings. The maximum absolute atomic E-state index is 13.8. The number of rotatable bonds is 8. The Balaban J connectivity index is 2.61. The number of esters is 1. The molecule has 0 heterocycles. The van der Waals surface area contributed by atoms with Crippen molar-refractivity contribution in [3.8, 4) is 5.75 Å². The van der Waals surface area contributed by atoms with E-state index in [1.807, 2.05) is 6.92 Å². The van der Waals surface area contributed by atoms with Crippen LogP contribution in [0.4, 0.5) is 8.78 Å². The van der Waals surface area contributed by atoms with Gasteiger partial charge in [-0.1, -0.05) is 13.3 Å². The van der Waals surface area contributed by atoms with Gasteiger partial charge in [-0.25, -0.2) is 13.6 Å². The van der Waals surface area contributed by atoms with Crippen molar-refractivity contribution >= 4 is 5.97 Å². The number of ether oxygens (including phenoxy) is 2. The van der Waals surface area contributed by atoms with Gasteiger partial charge in [0.15, 0.2) is 24.0 Å². The van der Waals surface area contributed by atoms with Gasteiger partial charge in [-0.05, 0) is 37.5 Å². The molecule has 6 heteroatoms. The van der Waals surface area contributed by atoms with Gasteiger partial charge in [0.1, 0.15) is 0 Å². The van der Waals surface area contributed by atoms with Gasteiger partial charge in [0.2, 0.25) is 0 Å². The van der Waals surface area contributed by atoms with E-state index in [1.165, 1.54) is 0 Å². The molecule has 0 fully saturated rings. The molecule has 0 aromatic heterocycles. The summed E-state index contributed by atoms with van der Waals surface area (Å²) in [5, 5.41) is 0. The zero-order valence-electron chi connectivity index (χ0n) is 12.3. The van der Waals surface area contributed by atoms with Crippen molar-refractivity contribution < 1.29 is 23.0 Å². The van der Waals surface area contributed by atoms with E-state index in [2.05, 4.69) is 0 Å². The van der Waals surface area contributed by atoms with Crippen LogP contribution in [0.25, 0.3) is 0 Å². The standard InChI is InChI=1S/C15H21F2NO3/c1-3-4-5-20-14(19)9-21-15-12(16)7-11(6-10(2)18)8-13(15)17/h7-8,10H,3-6,9,18H2,1-2H3. The van der Waals surface area contributed by atoms with Crippen LogP contribution in [0, 0.1) is 11.6 Å². The van der Waals surface area contributed by atoms with Gasteiger partial charge in [0.05, 0.1) is 6.61 Å². The molecule has 1 aromatic carbocycles. The molecule has 0 spiro atoms. The Kier molecular flexibility index (Phi) is 7.08. The second-order valence-electron chi connectivity index (χ2n) is 4.93. The minimum absolute atomic E-state index is 0.205. The summed E-state index contributed by atoms with van der Waals surface area (Å²) in [5.74, 6) is -2.93. The lowest BCUT2D eigenvalue weighted by atomic mass is 10.1. The van der Waals surface area contributed by atoms with E-state index < -0.39 is 30.0 Å². The summed E-state index contributed by atoms with van der Waals surface area (Å²) >= 11 is 0. The molecule has 4 nitrogen and oxygen atoms in total. The highest BCUT2D eigenvalue weighted by molar-refractivity contribution is 5.71. The molecule has 1 atom stereocenters. The number of carbonyl (C=O) groups excluding carboxylic acids is 1. The maximum atomic E-state index is 13.8. The van der Waals surface area contributed by atoms with Crippen molar-refractivity contribution in [1.82, 2.24) is 0 Å². The predicted molar refractivity (Wildman–Crippen MR) is 75.1 cm³/mol. The number of halogens is 2. The summed E-state index contributed by atoms with van der Waals surface area (Å²) in [4.78, 5) is 11.3. The first-order chi connectivity index (χ1) is 9.93. The highest BCUT2D eigenvalue weighted by Gasteiger charge is 2.15. The largest absolute Gasteiger partial charge is 0.476 e. The Morgan fingerprint density at radius 1 is 1.33 bits per heavy atom. The predicted octanol–water partition coefficient (Wildman–Crippen LogP) is 2.58. The van der Waals surface area contributed by atoms with E-state index in [4.69, 9.17) is 15.2 Å². The molecular weight excluding hydrogens is 280 g/mol. The number of hydrogen-bond acceptors (Lipinski definition) is 4. The van der Waals surface area contributed by atoms with Crippen LogP contribution in [0.15, 0.2) is 12.1 Å². The van der Waals surface area contributed by atoms with Crippen LogP contribution in [-0.4, -0.2) is 25.2 Å². The average Bonchev–Trinajstić information content (AvgIpc) is 2.37. The molecule has 0 aliphatic heterocycles. The second kappa shape index (κ2) is 8.56. The van der Waals surface area contributed by atoms with Crippen molar-refractivity contribution in [3.05, 3.63) is 29.3 Å². The molecule has 0 radical (unpaired) electrons. The number of carbonyl (C=O) groups is 1. The summed E-state index contributed by atoms with van der Waals surface area (Å²) in [6.45, 7) is 3.45. The molecule has 0 aliphatic rings. The first kappa shape index (κ1) is 17.4. The Labute approximate surface area is 123 Å². The van der Waals surface area contributed by atoms with Crippen LogP contribution in [0.3, 0.4) is 0 Å². The number of benzene rings is 1. The second-order valence-corrected chi connectivity index (χ2v) is 4.93. The van der Waals surface area contributed by atoms with E-state index >= 15 is 0 Å². The monoisotopic (exact) mass is 301 g/mol. The van der Waals surface area contributed by atoms with Crippen LogP contribution in [0.2, 0.25) is 0 Å². The van der Waals surface area contributed by atoms with Gasteiger partial charge >= 0.3 is 5.97 Å². The highest BCUT2D eigenvalue weighted by Crippen LogP contribution is 2.24. The van der Waals surface area contributed by atoms with Gasteiger partial charge in [0.25, 0.3) is 0 Å². The number of unbranched alkanes of at least 4 members (excludes halogenated alkanes) is 1. The van der Waals surface area contributed by atoms with Crippen molar-refractivity contribution in [2.75, 3.05) is 13.2 Å². The SMILES string of the molecule is CCCCOC(=O)COc1c(F)cc(CC(C)N)cc1F. The normalized spacial score (nSPS) is 12.0. The molecule has 1 unspecified atom stereocenters. The summed E-state index contributed by atoms with van der Waals surface area (Å²) in [7, 11) is 0. The van der Waals surface area contributed by atoms with E-state index in [-0.39, 0.29) is 12.6 Å². The minimum Gasteiger partial charge on any atom is -0.476 e. The maximum Gasteiger partial charge on any atom is 0.344 e. The van der Waals surface area contributed by atoms with Crippen LogP contribution < -0.4 is 10.5 Å². The van der Waals surface area contributed by atoms with E-state index in [0.29, 0.717) is 12.0 Å². The van der Waals surface area contributed by atoms with Crippen LogP contribution >= 0.6 is 0 Å². The fourth-order valence-corrected chi connectivity index (χ4v) is 1.74. The highest BCUT2D eigenvalue weighted by atomic mass is 19.1. The van der Waals surface area contributed by atoms with Crippen LogP contribution in [-0.2, 0) is 16.0 Å². The van der Waals surface area contributed by atoms with Gasteiger partial charge < -0.3 is 15.2 Å². The first-order valence-corrected chi connectivity index (χ1v) is 6.96. The molecular formula is C15H21F2NO3. The minimum atomic E-state index is -0.855. The lowest BCUT2D eigenvalue weighted by molar-refractivity contribution is -0.146. The Bertz CT molecular complexity index is 455. The zero-order chi connectivity index (χ0) is 15.8. The third-order valence-corrected chi connectivity index (χ3v) is 2.71. The summed E-state index contributed by atoms with van der Waals surface area (Å²) in [6, 6.07) is 2.11. The quantitative estimate of drug-likeness (QED) is 0.592. The molecule has 2 N–H and O–H groups in total. The van der Waals surface area contributed by atoms with E-state index in [0.717, 1.165) is 25.0 Å². The first-order valence-electron chi connectivity index (χ1n) is 6.96. The van der Waals surface area contributed by atoms with Crippen molar-refractivity contribution in [2.24, 2.45) is 5.73 Å². The van der Waals surface area contributed by atoms with Gasteiger partial charge in [0, 0.05) is 6.04 Å². The topological polar surface area (TPSA) is 61.5 Å². The molecule has 0 aliphatic carbocycles. The number of hydrogen-bond donors (Lipinski definition) is 1. The fourth-order valence-electron chi connectivity index (χ4n) is 1.74. The van der Waals surface area contributed by atoms with Crippen molar-refractivity contribution in [3.63, 3.8) is 0 Å². The Morgan fingerprint density at radius 3 is 2.48 bits per heavy atom. The fraction of sp³-hybridized carbons (Fsp3) is 0.533. The van der Waals surface area contributed by atoms with Crippen molar-refractivity contribution in [1.29, 1.82) is 0 Å². The third kappa shape index (κ3) is 6.08. The van der Waals surface area contributed by atoms with E-state index in [1.54, 1.807) is 6.92 Å². The van der Waals surface area contributed by atoms with Gasteiger partial charge in [-0.3, -0.25) is 0 Å². The molecule has 0 bridgehead atoms. The summed E-state index contributed by atoms with van der Waals surface area (Å²) in [5.41, 5.74) is 6.02. The van der Waals surface area contributed by atoms with Gasteiger partial charge in [-0.15, -0.1) is 0 Å². The van der Waals surface area contributed by atoms with E-state index in [9.17, 15) is 13.6 Å². The Morgan fingerprint density at radius 2 is 1.95 bits per heavy atom. The summed E-state index contributed by atoms with van der Waals surface area (Å²) < 4.78 is 37.2. The molecule has 0 amide bonds. The molecule has 0 saturated carbocycles. The molecule has 0 saturated heterocycles. The van der Waals surface area contributed by atoms with Crippen molar-refractivity contribution in [2.45, 2.75) is 39.2 Å². The molecule has 1 rings (SSSR count). The lowest BCUT2D eigenvalue weighted by Gasteiger charge is -2.11. The number of nitrogens with two attached hydrogens (primary N) is 1. The molecule has 118 valence electrons. The lowest BCUT2D eigenvalue weighted by Crippen LogP contribution is -2.19. The third-order valence-electron chi connectivity index (χ3n) is 2.71. The Hall–Kier alpha value is -1.69. The summed E-state index contributed by atoms with van der Waals surface area (Å²) in [6.07, 6.45) is 1.98. The van der Waals surface area contributed by atoms with Crippen LogP contribution in [0.5, 0.6) is 5.75 Å². The smallest absolute Gasteiger partial charge is 0.344 e. The van der Waals surface area contributed by atoms with Gasteiger partial charge in [-0.2, -0.15) is 0 Å². The molecule has 21 heavy (non-hydrogen) atoms. The average molecular weight is 301 g/mol. The van der Waals surface area contributed by atoms with Crippen LogP contribution in [0.1, 0.15) is 32.3 Å². The zero-order valence-corrected chi connectivity index (χ0v) is 12.3.